The molecule has 370 valence electrons. The van der Waals surface area contributed by atoms with Crippen LogP contribution >= 0.6 is 0 Å². The number of fused-ring (bicyclic) bond motifs is 5. The van der Waals surface area contributed by atoms with Crippen molar-refractivity contribution in [3.8, 4) is 17.2 Å². The summed E-state index contributed by atoms with van der Waals surface area (Å²) >= 11 is 0. The summed E-state index contributed by atoms with van der Waals surface area (Å²) in [5, 5.41) is 6.81. The molecule has 4 fully saturated rings. The van der Waals surface area contributed by atoms with Crippen molar-refractivity contribution >= 4 is 40.6 Å². The Balaban J connectivity index is 0.919. The van der Waals surface area contributed by atoms with E-state index >= 15 is 0 Å². The van der Waals surface area contributed by atoms with Crippen LogP contribution in [0.25, 0.3) is 32.3 Å². The van der Waals surface area contributed by atoms with E-state index in [0.717, 1.165) is 76.3 Å². The summed E-state index contributed by atoms with van der Waals surface area (Å²) in [7, 11) is -1.94. The molecule has 4 aliphatic heterocycles. The van der Waals surface area contributed by atoms with Crippen molar-refractivity contribution in [2.45, 2.75) is 165 Å². The zero-order valence-corrected chi connectivity index (χ0v) is 43.4. The first-order valence-electron chi connectivity index (χ1n) is 26.1. The van der Waals surface area contributed by atoms with Crippen LogP contribution in [0.2, 0.25) is 19.6 Å². The second-order valence-corrected chi connectivity index (χ2v) is 26.8. The molecule has 13 atom stereocenters. The van der Waals surface area contributed by atoms with Gasteiger partial charge in [0, 0.05) is 41.8 Å². The molecule has 0 spiro atoms. The van der Waals surface area contributed by atoms with Gasteiger partial charge in [-0.3, -0.25) is 0 Å². The first-order valence-corrected chi connectivity index (χ1v) is 29.5. The van der Waals surface area contributed by atoms with Crippen LogP contribution in [-0.4, -0.2) is 81.1 Å². The van der Waals surface area contributed by atoms with E-state index in [0.29, 0.717) is 37.7 Å². The molecule has 0 radical (unpaired) electrons. The summed E-state index contributed by atoms with van der Waals surface area (Å²) in [5.74, 6) is 3.36. The molecule has 0 bridgehead atoms. The molecule has 0 saturated carbocycles. The van der Waals surface area contributed by atoms with Gasteiger partial charge >= 0.3 is 0 Å². The molecule has 4 heterocycles. The average Bonchev–Trinajstić information content (AvgIpc) is 3.63. The number of ether oxygens (including phenoxy) is 7. The van der Waals surface area contributed by atoms with Crippen LogP contribution in [-0.2, 0) is 23.4 Å². The summed E-state index contributed by atoms with van der Waals surface area (Å²) in [6, 6.07) is 44.3. The van der Waals surface area contributed by atoms with E-state index in [2.05, 4.69) is 181 Å². The van der Waals surface area contributed by atoms with Crippen molar-refractivity contribution in [2.24, 2.45) is 11.8 Å². The minimum absolute atomic E-state index is 0.00950. The van der Waals surface area contributed by atoms with E-state index in [1.54, 1.807) is 0 Å². The Morgan fingerprint density at radius 2 is 1.30 bits per heavy atom. The monoisotopic (exact) mass is 963 g/mol. The van der Waals surface area contributed by atoms with Gasteiger partial charge in [0.2, 0.25) is 0 Å². The number of hydrogen-bond donors (Lipinski definition) is 0. The SMILES string of the molecule is C=C[C@@H]1O[C@@H]2C[C@@H]3O[C@H](C[C@@H](C[C@@H]4C[C@@H](C)[C@@H](C(C)CCOc5cccc6ccccc56)O4)Oc4cccc5ccccc45)[C@@H](Oc4cccc5ccccc45)CC[C@H]3O[C@@]2(C)C[C@@]1(C)O[Si](C)(C)C. The standard InChI is InChI=1S/C61H74O8Si/c1-9-57-61(5,69-70(6,7)8)39-60(4)58(67-57)38-56-54(68-60)32-31-53(65-52-30-18-24-44-21-12-15-27-49(44)52)55(66-56)37-46(63-51-29-17-23-43-20-11-14-26-48(43)51)36-45-35-41(3)59(64-45)40(2)33-34-62-50-28-16-22-42-19-10-13-25-47(42)50/h9-30,40-41,45-46,53-59H,1,31-39H2,2-8H3/t40?,41-,45+,46-,53+,54-,55-,56+,57+,58-,59-,60+,61-/m1/s1. The molecule has 6 aromatic rings. The molecule has 0 aliphatic carbocycles. The maximum atomic E-state index is 7.50. The summed E-state index contributed by atoms with van der Waals surface area (Å²) in [4.78, 5) is 0. The maximum absolute atomic E-state index is 7.50. The lowest BCUT2D eigenvalue weighted by Gasteiger charge is -2.57. The predicted octanol–water partition coefficient (Wildman–Crippen LogP) is 14.1. The van der Waals surface area contributed by atoms with Crippen LogP contribution in [0.1, 0.15) is 79.1 Å². The van der Waals surface area contributed by atoms with Crippen LogP contribution in [0.3, 0.4) is 0 Å². The molecule has 4 saturated heterocycles. The molecule has 1 unspecified atom stereocenters. The zero-order valence-electron chi connectivity index (χ0n) is 42.4. The normalized spacial score (nSPS) is 31.0. The van der Waals surface area contributed by atoms with Gasteiger partial charge in [0.1, 0.15) is 35.6 Å². The molecule has 10 rings (SSSR count). The zero-order chi connectivity index (χ0) is 48.6. The van der Waals surface area contributed by atoms with Crippen molar-refractivity contribution in [3.63, 3.8) is 0 Å². The van der Waals surface area contributed by atoms with E-state index in [1.807, 2.05) is 6.08 Å². The molecule has 0 aromatic heterocycles. The van der Waals surface area contributed by atoms with E-state index < -0.39 is 19.5 Å². The highest BCUT2D eigenvalue weighted by Crippen LogP contribution is 2.49. The van der Waals surface area contributed by atoms with Crippen molar-refractivity contribution in [1.82, 2.24) is 0 Å². The van der Waals surface area contributed by atoms with Crippen molar-refractivity contribution < 1.29 is 37.6 Å². The topological polar surface area (TPSA) is 73.8 Å². The van der Waals surface area contributed by atoms with E-state index in [9.17, 15) is 0 Å². The fourth-order valence-corrected chi connectivity index (χ4v) is 14.2. The fourth-order valence-electron chi connectivity index (χ4n) is 12.6. The van der Waals surface area contributed by atoms with Crippen LogP contribution in [0.4, 0.5) is 0 Å². The lowest BCUT2D eigenvalue weighted by atomic mass is 9.75. The van der Waals surface area contributed by atoms with Gasteiger partial charge in [-0.15, -0.1) is 6.58 Å². The Bertz CT molecular complexity index is 2740. The van der Waals surface area contributed by atoms with Gasteiger partial charge < -0.3 is 37.6 Å². The van der Waals surface area contributed by atoms with Gasteiger partial charge in [-0.05, 0) is 105 Å². The van der Waals surface area contributed by atoms with Gasteiger partial charge in [-0.25, -0.2) is 0 Å². The fraction of sp³-hybridized carbons (Fsp3) is 0.475. The summed E-state index contributed by atoms with van der Waals surface area (Å²) in [5.41, 5.74) is -1.11. The van der Waals surface area contributed by atoms with Gasteiger partial charge in [0.05, 0.1) is 54.4 Å². The largest absolute Gasteiger partial charge is 0.493 e. The first kappa shape index (κ1) is 48.9. The Hall–Kier alpha value is -4.74. The Kier molecular flexibility index (Phi) is 14.2. The average molecular weight is 963 g/mol. The molecule has 0 N–H and O–H groups in total. The highest BCUT2D eigenvalue weighted by Gasteiger charge is 2.58. The molecular formula is C61H74O8Si. The molecule has 0 amide bonds. The third kappa shape index (κ3) is 10.6. The van der Waals surface area contributed by atoms with Crippen LogP contribution in [0, 0.1) is 11.8 Å². The summed E-state index contributed by atoms with van der Waals surface area (Å²) in [6.45, 7) is 20.6. The van der Waals surface area contributed by atoms with E-state index in [1.165, 1.54) is 5.39 Å². The van der Waals surface area contributed by atoms with Crippen molar-refractivity contribution in [3.05, 3.63) is 140 Å². The van der Waals surface area contributed by atoms with Crippen molar-refractivity contribution in [2.75, 3.05) is 6.61 Å². The molecular weight excluding hydrogens is 889 g/mol. The minimum atomic E-state index is -1.94. The molecule has 9 heteroatoms. The van der Waals surface area contributed by atoms with Gasteiger partial charge in [0.25, 0.3) is 0 Å². The van der Waals surface area contributed by atoms with E-state index in [4.69, 9.17) is 37.6 Å². The number of rotatable bonds is 16. The smallest absolute Gasteiger partial charge is 0.184 e. The maximum Gasteiger partial charge on any atom is 0.184 e. The highest BCUT2D eigenvalue weighted by molar-refractivity contribution is 6.69. The van der Waals surface area contributed by atoms with Crippen LogP contribution in [0.15, 0.2) is 140 Å². The predicted molar refractivity (Wildman–Crippen MR) is 284 cm³/mol. The van der Waals surface area contributed by atoms with Crippen LogP contribution in [0.5, 0.6) is 17.2 Å². The molecule has 8 nitrogen and oxygen atoms in total. The second-order valence-electron chi connectivity index (χ2n) is 22.3. The van der Waals surface area contributed by atoms with E-state index in [-0.39, 0.29) is 54.9 Å². The van der Waals surface area contributed by atoms with Gasteiger partial charge in [-0.1, -0.05) is 129 Å². The molecule has 70 heavy (non-hydrogen) atoms. The molecule has 4 aliphatic rings. The highest BCUT2D eigenvalue weighted by atomic mass is 28.4. The first-order chi connectivity index (χ1) is 33.7. The van der Waals surface area contributed by atoms with Gasteiger partial charge in [0.15, 0.2) is 8.32 Å². The third-order valence-electron chi connectivity index (χ3n) is 15.6. The second kappa shape index (κ2) is 20.4. The quantitative estimate of drug-likeness (QED) is 0.0702. The lowest BCUT2D eigenvalue weighted by Crippen LogP contribution is -2.67. The Labute approximate surface area is 417 Å². The summed E-state index contributed by atoms with van der Waals surface area (Å²) in [6.07, 6.45) is 6.54. The molecule has 6 aromatic carbocycles. The summed E-state index contributed by atoms with van der Waals surface area (Å²) < 4.78 is 56.8. The third-order valence-corrected chi connectivity index (χ3v) is 16.7. The lowest BCUT2D eigenvalue weighted by molar-refractivity contribution is -0.301. The number of hydrogen-bond acceptors (Lipinski definition) is 8. The Morgan fingerprint density at radius 1 is 0.700 bits per heavy atom. The minimum Gasteiger partial charge on any atom is -0.493 e. The number of benzene rings is 6. The van der Waals surface area contributed by atoms with Crippen LogP contribution < -0.4 is 14.2 Å². The Morgan fingerprint density at radius 3 is 1.96 bits per heavy atom. The van der Waals surface area contributed by atoms with Gasteiger partial charge in [-0.2, -0.15) is 0 Å². The van der Waals surface area contributed by atoms with Crippen molar-refractivity contribution in [1.29, 1.82) is 0 Å².